The molecule has 1 aliphatic rings. The molecule has 1 amide bonds. The van der Waals surface area contributed by atoms with Gasteiger partial charge in [0.1, 0.15) is 11.4 Å². The number of phenols is 1. The minimum Gasteiger partial charge on any atom is -0.505 e. The molecule has 2 atom stereocenters. The first-order valence-corrected chi connectivity index (χ1v) is 11.8. The molecule has 0 radical (unpaired) electrons. The highest BCUT2D eigenvalue weighted by molar-refractivity contribution is 6.11. The molecule has 2 unspecified atom stereocenters. The summed E-state index contributed by atoms with van der Waals surface area (Å²) in [5.74, 6) is -0.0163. The lowest BCUT2D eigenvalue weighted by Gasteiger charge is -2.35. The van der Waals surface area contributed by atoms with Gasteiger partial charge >= 0.3 is 0 Å². The minimum atomic E-state index is -0.724. The summed E-state index contributed by atoms with van der Waals surface area (Å²) >= 11 is 0. The second-order valence-electron chi connectivity index (χ2n) is 8.38. The molecule has 0 aliphatic heterocycles. The Morgan fingerprint density at radius 1 is 1.09 bits per heavy atom. The number of phenolic OH excluding ortho intramolecular Hbond substituents is 1. The van der Waals surface area contributed by atoms with E-state index >= 15 is 0 Å². The van der Waals surface area contributed by atoms with Crippen molar-refractivity contribution < 1.29 is 24.2 Å². The van der Waals surface area contributed by atoms with Crippen LogP contribution in [-0.4, -0.2) is 56.1 Å². The summed E-state index contributed by atoms with van der Waals surface area (Å²) in [6.45, 7) is 6.29. The molecule has 8 nitrogen and oxygen atoms in total. The van der Waals surface area contributed by atoms with Crippen molar-refractivity contribution in [1.29, 1.82) is 0 Å². The largest absolute Gasteiger partial charge is 0.505 e. The number of benzene rings is 2. The van der Waals surface area contributed by atoms with Gasteiger partial charge < -0.3 is 30.1 Å². The van der Waals surface area contributed by atoms with Gasteiger partial charge in [0.05, 0.1) is 30.1 Å². The molecule has 1 aliphatic carbocycles. The lowest BCUT2D eigenvalue weighted by molar-refractivity contribution is -0.126. The summed E-state index contributed by atoms with van der Waals surface area (Å²) in [6, 6.07) is 12.4. The Bertz CT molecular complexity index is 1050. The normalized spacial score (nSPS) is 15.4. The summed E-state index contributed by atoms with van der Waals surface area (Å²) in [5, 5.41) is 17.0. The number of Topliss-reactive ketones (excluding diaryl/α,β-unsaturated/α-hetero) is 1. The van der Waals surface area contributed by atoms with Crippen molar-refractivity contribution in [2.45, 2.75) is 45.8 Å². The molecule has 2 aromatic carbocycles. The van der Waals surface area contributed by atoms with Crippen LogP contribution in [0.1, 0.15) is 55.6 Å². The van der Waals surface area contributed by atoms with Crippen LogP contribution in [0.4, 0.5) is 5.69 Å². The van der Waals surface area contributed by atoms with E-state index in [1.165, 1.54) is 24.5 Å². The highest BCUT2D eigenvalue weighted by Crippen LogP contribution is 2.34. The number of rotatable bonds is 9. The van der Waals surface area contributed by atoms with Crippen LogP contribution in [0.25, 0.3) is 0 Å². The number of methoxy groups -OCH3 is 2. The summed E-state index contributed by atoms with van der Waals surface area (Å²) in [5.41, 5.74) is 2.36. The maximum atomic E-state index is 12.7. The van der Waals surface area contributed by atoms with Crippen LogP contribution in [0, 0.1) is 0 Å². The molecule has 190 valence electrons. The van der Waals surface area contributed by atoms with E-state index < -0.39 is 6.10 Å². The van der Waals surface area contributed by atoms with Gasteiger partial charge in [0.2, 0.25) is 5.78 Å². The first-order valence-electron chi connectivity index (χ1n) is 11.8. The highest BCUT2D eigenvalue weighted by Gasteiger charge is 2.41. The molecule has 35 heavy (non-hydrogen) atoms. The average Bonchev–Trinajstić information content (AvgIpc) is 2.86. The molecule has 0 fully saturated rings. The monoisotopic (exact) mass is 483 g/mol. The number of hydrogen-bond donors (Lipinski definition) is 3. The van der Waals surface area contributed by atoms with Gasteiger partial charge in [0.15, 0.2) is 11.9 Å². The van der Waals surface area contributed by atoms with E-state index in [9.17, 15) is 14.7 Å². The summed E-state index contributed by atoms with van der Waals surface area (Å²) < 4.78 is 10.6. The molecule has 0 spiro atoms. The molecule has 0 saturated heterocycles. The molecule has 0 bridgehead atoms. The molecule has 8 heteroatoms. The van der Waals surface area contributed by atoms with E-state index in [-0.39, 0.29) is 34.7 Å². The van der Waals surface area contributed by atoms with Gasteiger partial charge in [-0.1, -0.05) is 45.4 Å². The zero-order valence-electron chi connectivity index (χ0n) is 21.6. The fourth-order valence-corrected chi connectivity index (χ4v) is 3.59. The predicted octanol–water partition coefficient (Wildman–Crippen LogP) is 4.48. The number of hydrogen-bond acceptors (Lipinski definition) is 7. The Balaban J connectivity index is 0.00000137. The van der Waals surface area contributed by atoms with Gasteiger partial charge in [0.25, 0.3) is 5.91 Å². The van der Waals surface area contributed by atoms with Crippen molar-refractivity contribution >= 4 is 17.4 Å². The second kappa shape index (κ2) is 12.8. The first-order chi connectivity index (χ1) is 16.7. The van der Waals surface area contributed by atoms with Crippen LogP contribution in [0.15, 0.2) is 53.9 Å². The summed E-state index contributed by atoms with van der Waals surface area (Å²) in [7, 11) is 6.31. The molecule has 3 rings (SSSR count). The Hall–Kier alpha value is -3.52. The first kappa shape index (κ1) is 27.7. The van der Waals surface area contributed by atoms with Crippen LogP contribution in [0.3, 0.4) is 0 Å². The number of carbonyl (C=O) groups is 2. The van der Waals surface area contributed by atoms with E-state index in [0.717, 1.165) is 17.7 Å². The Morgan fingerprint density at radius 3 is 2.23 bits per heavy atom. The van der Waals surface area contributed by atoms with Crippen molar-refractivity contribution in [3.05, 3.63) is 65.0 Å². The van der Waals surface area contributed by atoms with E-state index in [1.54, 1.807) is 33.3 Å². The third kappa shape index (κ3) is 6.33. The van der Waals surface area contributed by atoms with E-state index in [1.807, 2.05) is 31.2 Å². The predicted molar refractivity (Wildman–Crippen MR) is 138 cm³/mol. The third-order valence-corrected chi connectivity index (χ3v) is 5.44. The van der Waals surface area contributed by atoms with E-state index in [4.69, 9.17) is 9.47 Å². The Morgan fingerprint density at radius 2 is 1.71 bits per heavy atom. The fraction of sp³-hybridized carbons (Fsp3) is 0.407. The average molecular weight is 484 g/mol. The van der Waals surface area contributed by atoms with Crippen LogP contribution >= 0.6 is 0 Å². The van der Waals surface area contributed by atoms with Crippen molar-refractivity contribution in [2.75, 3.05) is 33.6 Å². The second-order valence-corrected chi connectivity index (χ2v) is 8.38. The van der Waals surface area contributed by atoms with Gasteiger partial charge in [-0.3, -0.25) is 9.59 Å². The van der Waals surface area contributed by atoms with Crippen molar-refractivity contribution in [3.63, 3.8) is 0 Å². The summed E-state index contributed by atoms with van der Waals surface area (Å²) in [6.07, 6.45) is 1.30. The van der Waals surface area contributed by atoms with Crippen LogP contribution < -0.4 is 15.4 Å². The lowest BCUT2D eigenvalue weighted by Crippen LogP contribution is -2.47. The van der Waals surface area contributed by atoms with Crippen LogP contribution in [-0.2, 0) is 9.53 Å². The maximum Gasteiger partial charge on any atom is 0.257 e. The Labute approximate surface area is 207 Å². The number of nitrogens with one attached hydrogen (secondary N) is 2. The molecule has 0 saturated carbocycles. The fourth-order valence-electron chi connectivity index (χ4n) is 3.59. The van der Waals surface area contributed by atoms with E-state index in [2.05, 4.69) is 24.5 Å². The van der Waals surface area contributed by atoms with Crippen molar-refractivity contribution in [3.8, 4) is 11.5 Å². The smallest absolute Gasteiger partial charge is 0.257 e. The van der Waals surface area contributed by atoms with Crippen LogP contribution in [0.2, 0.25) is 0 Å². The van der Waals surface area contributed by atoms with Crippen LogP contribution in [0.5, 0.6) is 11.5 Å². The topological polar surface area (TPSA) is 100 Å². The Kier molecular flexibility index (Phi) is 10.1. The third-order valence-electron chi connectivity index (χ3n) is 5.44. The quantitative estimate of drug-likeness (QED) is 0.452. The van der Waals surface area contributed by atoms with Gasteiger partial charge in [-0.2, -0.15) is 0 Å². The molecule has 2 aromatic rings. The zero-order chi connectivity index (χ0) is 26.1. The number of ether oxygens (including phenoxy) is 2. The van der Waals surface area contributed by atoms with Gasteiger partial charge in [-0.05, 0) is 36.2 Å². The number of para-hydroxylation sites is 1. The minimum absolute atomic E-state index is 0.0614. The zero-order valence-corrected chi connectivity index (χ0v) is 21.6. The van der Waals surface area contributed by atoms with Crippen molar-refractivity contribution in [2.24, 2.45) is 0 Å². The SMILES string of the molecule is CCC.CCC(NC1=C(Nc2cccc(C(=O)N(C)C)c2O)C(=O)C1OC)c1ccc(OC)cc1. The maximum absolute atomic E-state index is 12.7. The molecular formula is C27H37N3O5. The number of amides is 1. The molecule has 0 heterocycles. The van der Waals surface area contributed by atoms with E-state index in [0.29, 0.717) is 11.4 Å². The molecular weight excluding hydrogens is 446 g/mol. The molecule has 0 aromatic heterocycles. The van der Waals surface area contributed by atoms with Gasteiger partial charge in [0, 0.05) is 21.2 Å². The number of ketones is 1. The lowest BCUT2D eigenvalue weighted by atomic mass is 9.92. The van der Waals surface area contributed by atoms with Gasteiger partial charge in [-0.25, -0.2) is 0 Å². The van der Waals surface area contributed by atoms with Crippen molar-refractivity contribution in [1.82, 2.24) is 10.2 Å². The molecule has 3 N–H and O–H groups in total. The number of aromatic hydroxyl groups is 1. The standard InChI is InChI=1S/C24H29N3O5.C3H8/c1-6-17(14-10-12-15(31-4)13-11-14)25-20-19(22(29)23(20)32-5)26-18-9-7-8-16(21(18)28)24(30)27(2)3;1-3-2/h7-13,17,23,25-26,28H,6H2,1-5H3;3H2,1-2H3. The number of carbonyl (C=O) groups excluding carboxylic acids is 2. The number of anilines is 1. The summed E-state index contributed by atoms with van der Waals surface area (Å²) in [4.78, 5) is 26.4. The van der Waals surface area contributed by atoms with Gasteiger partial charge in [-0.15, -0.1) is 0 Å². The number of nitrogens with zero attached hydrogens (tertiary/aromatic N) is 1. The highest BCUT2D eigenvalue weighted by atomic mass is 16.5.